The first-order valence-electron chi connectivity index (χ1n) is 10.6. The standard InChI is InChI=1S/C23H30N6O/c1-19-8-10-21(11-9-19)22(23-24-25-26-29(23)16-17-30-2)28-14-12-27(13-15-28)18-20-6-4-3-5-7-20/h3-11,22H,12-18H2,1-2H3/t22-/m1/s1. The molecule has 1 atom stereocenters. The van der Waals surface area contributed by atoms with Crippen molar-refractivity contribution >= 4 is 0 Å². The minimum atomic E-state index is 0.0383. The van der Waals surface area contributed by atoms with Gasteiger partial charge in [0.15, 0.2) is 5.82 Å². The molecule has 2 aromatic carbocycles. The van der Waals surface area contributed by atoms with Crippen LogP contribution in [0.2, 0.25) is 0 Å². The minimum Gasteiger partial charge on any atom is -0.383 e. The molecule has 4 rings (SSSR count). The monoisotopic (exact) mass is 406 g/mol. The van der Waals surface area contributed by atoms with Gasteiger partial charge in [-0.25, -0.2) is 4.68 Å². The molecule has 0 spiro atoms. The maximum absolute atomic E-state index is 5.25. The van der Waals surface area contributed by atoms with Crippen molar-refractivity contribution in [2.24, 2.45) is 0 Å². The lowest BCUT2D eigenvalue weighted by molar-refractivity contribution is 0.0988. The van der Waals surface area contributed by atoms with E-state index in [1.54, 1.807) is 7.11 Å². The highest BCUT2D eigenvalue weighted by Gasteiger charge is 2.30. The van der Waals surface area contributed by atoms with E-state index in [0.717, 1.165) is 38.5 Å². The number of ether oxygens (including phenoxy) is 1. The van der Waals surface area contributed by atoms with Crippen molar-refractivity contribution in [1.82, 2.24) is 30.0 Å². The van der Waals surface area contributed by atoms with Crippen molar-refractivity contribution in [3.63, 3.8) is 0 Å². The molecule has 7 heteroatoms. The van der Waals surface area contributed by atoms with Gasteiger partial charge < -0.3 is 4.74 Å². The summed E-state index contributed by atoms with van der Waals surface area (Å²) in [6.45, 7) is 8.34. The fraction of sp³-hybridized carbons (Fsp3) is 0.435. The Morgan fingerprint density at radius 3 is 2.40 bits per heavy atom. The van der Waals surface area contributed by atoms with Gasteiger partial charge in [0, 0.05) is 39.8 Å². The van der Waals surface area contributed by atoms with Crippen molar-refractivity contribution in [2.75, 3.05) is 39.9 Å². The molecule has 0 radical (unpaired) electrons. The number of piperazine rings is 1. The average Bonchev–Trinajstić information content (AvgIpc) is 3.24. The van der Waals surface area contributed by atoms with Gasteiger partial charge in [0.25, 0.3) is 0 Å². The van der Waals surface area contributed by atoms with Gasteiger partial charge >= 0.3 is 0 Å². The molecule has 7 nitrogen and oxygen atoms in total. The molecule has 30 heavy (non-hydrogen) atoms. The predicted octanol–water partition coefficient (Wildman–Crippen LogP) is 2.54. The number of hydrogen-bond donors (Lipinski definition) is 0. The highest BCUT2D eigenvalue weighted by atomic mass is 16.5. The van der Waals surface area contributed by atoms with Crippen LogP contribution in [0.3, 0.4) is 0 Å². The fourth-order valence-corrected chi connectivity index (χ4v) is 4.04. The molecule has 1 fully saturated rings. The van der Waals surface area contributed by atoms with Crippen molar-refractivity contribution in [3.8, 4) is 0 Å². The lowest BCUT2D eigenvalue weighted by Crippen LogP contribution is -2.48. The highest BCUT2D eigenvalue weighted by molar-refractivity contribution is 5.28. The van der Waals surface area contributed by atoms with Gasteiger partial charge in [0.05, 0.1) is 19.2 Å². The van der Waals surface area contributed by atoms with Gasteiger partial charge in [-0.1, -0.05) is 60.2 Å². The first-order chi connectivity index (χ1) is 14.7. The summed E-state index contributed by atoms with van der Waals surface area (Å²) in [5, 5.41) is 12.6. The van der Waals surface area contributed by atoms with E-state index >= 15 is 0 Å². The molecule has 2 heterocycles. The normalized spacial score (nSPS) is 16.6. The van der Waals surface area contributed by atoms with E-state index in [0.29, 0.717) is 13.2 Å². The Morgan fingerprint density at radius 2 is 1.70 bits per heavy atom. The van der Waals surface area contributed by atoms with E-state index in [2.05, 4.69) is 86.8 Å². The van der Waals surface area contributed by atoms with E-state index in [1.807, 2.05) is 4.68 Å². The van der Waals surface area contributed by atoms with Crippen LogP contribution in [-0.4, -0.2) is 69.9 Å². The Labute approximate surface area is 178 Å². The summed E-state index contributed by atoms with van der Waals surface area (Å²) in [5.74, 6) is 0.882. The van der Waals surface area contributed by atoms with Crippen LogP contribution in [0.15, 0.2) is 54.6 Å². The van der Waals surface area contributed by atoms with Gasteiger partial charge in [0.1, 0.15) is 0 Å². The number of hydrogen-bond acceptors (Lipinski definition) is 6. The highest BCUT2D eigenvalue weighted by Crippen LogP contribution is 2.28. The zero-order chi connectivity index (χ0) is 20.8. The van der Waals surface area contributed by atoms with Crippen molar-refractivity contribution in [2.45, 2.75) is 26.1 Å². The number of tetrazole rings is 1. The topological polar surface area (TPSA) is 59.3 Å². The Bertz CT molecular complexity index is 903. The van der Waals surface area contributed by atoms with Crippen LogP contribution in [-0.2, 0) is 17.8 Å². The van der Waals surface area contributed by atoms with Gasteiger partial charge in [-0.15, -0.1) is 5.10 Å². The fourth-order valence-electron chi connectivity index (χ4n) is 4.04. The van der Waals surface area contributed by atoms with Crippen molar-refractivity contribution in [1.29, 1.82) is 0 Å². The Morgan fingerprint density at radius 1 is 0.967 bits per heavy atom. The molecule has 0 saturated carbocycles. The molecule has 1 saturated heterocycles. The molecule has 158 valence electrons. The summed E-state index contributed by atoms with van der Waals surface area (Å²) in [6.07, 6.45) is 0. The molecule has 0 unspecified atom stereocenters. The van der Waals surface area contributed by atoms with E-state index in [1.165, 1.54) is 16.7 Å². The Kier molecular flexibility index (Phi) is 6.84. The Balaban J connectivity index is 1.52. The third-order valence-corrected chi connectivity index (χ3v) is 5.73. The van der Waals surface area contributed by atoms with E-state index < -0.39 is 0 Å². The average molecular weight is 407 g/mol. The summed E-state index contributed by atoms with van der Waals surface area (Å²) in [7, 11) is 1.70. The quantitative estimate of drug-likeness (QED) is 0.573. The molecule has 1 aliphatic rings. The molecule has 3 aromatic rings. The molecule has 0 bridgehead atoms. The largest absolute Gasteiger partial charge is 0.383 e. The smallest absolute Gasteiger partial charge is 0.173 e. The number of aromatic nitrogens is 4. The second-order valence-electron chi connectivity index (χ2n) is 7.86. The second kappa shape index (κ2) is 9.93. The van der Waals surface area contributed by atoms with Crippen LogP contribution in [0.25, 0.3) is 0 Å². The van der Waals surface area contributed by atoms with Crippen LogP contribution in [0.4, 0.5) is 0 Å². The number of rotatable bonds is 8. The summed E-state index contributed by atoms with van der Waals surface area (Å²) in [4.78, 5) is 5.02. The van der Waals surface area contributed by atoms with Gasteiger partial charge in [-0.3, -0.25) is 9.80 Å². The lowest BCUT2D eigenvalue weighted by Gasteiger charge is -2.39. The van der Waals surface area contributed by atoms with E-state index in [-0.39, 0.29) is 6.04 Å². The third kappa shape index (κ3) is 4.92. The minimum absolute atomic E-state index is 0.0383. The maximum Gasteiger partial charge on any atom is 0.173 e. The van der Waals surface area contributed by atoms with E-state index in [9.17, 15) is 0 Å². The molecule has 1 aromatic heterocycles. The molecular weight excluding hydrogens is 376 g/mol. The van der Waals surface area contributed by atoms with E-state index in [4.69, 9.17) is 4.74 Å². The number of nitrogens with zero attached hydrogens (tertiary/aromatic N) is 6. The SMILES string of the molecule is COCCn1nnnc1[C@@H](c1ccc(C)cc1)N1CCN(Cc2ccccc2)CC1. The number of aryl methyl sites for hydroxylation is 1. The summed E-state index contributed by atoms with van der Waals surface area (Å²) in [6, 6.07) is 19.5. The van der Waals surface area contributed by atoms with Crippen LogP contribution in [0, 0.1) is 6.92 Å². The van der Waals surface area contributed by atoms with Crippen molar-refractivity contribution in [3.05, 3.63) is 77.1 Å². The molecule has 1 aliphatic heterocycles. The summed E-state index contributed by atoms with van der Waals surface area (Å²) < 4.78 is 7.13. The second-order valence-corrected chi connectivity index (χ2v) is 7.86. The first-order valence-corrected chi connectivity index (χ1v) is 10.6. The predicted molar refractivity (Wildman–Crippen MR) is 116 cm³/mol. The lowest BCUT2D eigenvalue weighted by atomic mass is 10.0. The van der Waals surface area contributed by atoms with Gasteiger partial charge in [-0.05, 0) is 28.5 Å². The van der Waals surface area contributed by atoms with Crippen molar-refractivity contribution < 1.29 is 4.74 Å². The molecular formula is C23H30N6O. The van der Waals surface area contributed by atoms with Crippen LogP contribution in [0.1, 0.15) is 28.6 Å². The number of benzene rings is 2. The Hall–Kier alpha value is -2.61. The van der Waals surface area contributed by atoms with Crippen LogP contribution < -0.4 is 0 Å². The maximum atomic E-state index is 5.25. The first kappa shape index (κ1) is 20.7. The van der Waals surface area contributed by atoms with Crippen LogP contribution >= 0.6 is 0 Å². The number of methoxy groups -OCH3 is 1. The van der Waals surface area contributed by atoms with Crippen LogP contribution in [0.5, 0.6) is 0 Å². The molecule has 0 N–H and O–H groups in total. The molecule has 0 amide bonds. The van der Waals surface area contributed by atoms with Gasteiger partial charge in [-0.2, -0.15) is 0 Å². The third-order valence-electron chi connectivity index (χ3n) is 5.73. The van der Waals surface area contributed by atoms with Gasteiger partial charge in [0.2, 0.25) is 0 Å². The summed E-state index contributed by atoms with van der Waals surface area (Å²) >= 11 is 0. The molecule has 0 aliphatic carbocycles. The zero-order valence-corrected chi connectivity index (χ0v) is 17.8. The zero-order valence-electron chi connectivity index (χ0n) is 17.8. The summed E-state index contributed by atoms with van der Waals surface area (Å²) in [5.41, 5.74) is 3.85.